The molecule has 0 radical (unpaired) electrons. The minimum Gasteiger partial charge on any atom is -0.353 e. The van der Waals surface area contributed by atoms with Gasteiger partial charge in [0.05, 0.1) is 0 Å². The molecule has 14 heavy (non-hydrogen) atoms. The lowest BCUT2D eigenvalue weighted by atomic mass is 9.87. The van der Waals surface area contributed by atoms with Crippen LogP contribution in [0, 0.1) is 5.41 Å². The lowest BCUT2D eigenvalue weighted by Gasteiger charge is -2.28. The van der Waals surface area contributed by atoms with Gasteiger partial charge in [0.15, 0.2) is 0 Å². The van der Waals surface area contributed by atoms with E-state index < -0.39 is 0 Å². The topological polar surface area (TPSA) is 29.1 Å². The predicted octanol–water partition coefficient (Wildman–Crippen LogP) is 2.87. The molecule has 2 nitrogen and oxygen atoms in total. The Labute approximate surface area is 87.5 Å². The lowest BCUT2D eigenvalue weighted by molar-refractivity contribution is -0.130. The summed E-state index contributed by atoms with van der Waals surface area (Å²) in [6.07, 6.45) is 7.14. The summed E-state index contributed by atoms with van der Waals surface area (Å²) in [5.74, 6) is 0.229. The van der Waals surface area contributed by atoms with Crippen molar-refractivity contribution in [1.82, 2.24) is 5.32 Å². The Kier molecular flexibility index (Phi) is 3.97. The number of carbonyl (C=O) groups excluding carboxylic acids is 1. The molecule has 0 heterocycles. The van der Waals surface area contributed by atoms with Crippen molar-refractivity contribution in [3.63, 3.8) is 0 Å². The second kappa shape index (κ2) is 4.81. The van der Waals surface area contributed by atoms with E-state index in [1.54, 1.807) is 0 Å². The summed E-state index contributed by atoms with van der Waals surface area (Å²) in [5, 5.41) is 3.17. The zero-order valence-electron chi connectivity index (χ0n) is 9.73. The van der Waals surface area contributed by atoms with Gasteiger partial charge in [-0.25, -0.2) is 0 Å². The fourth-order valence-corrected chi connectivity index (χ4v) is 1.79. The van der Waals surface area contributed by atoms with E-state index in [2.05, 4.69) is 12.2 Å². The van der Waals surface area contributed by atoms with Gasteiger partial charge in [0.1, 0.15) is 0 Å². The van der Waals surface area contributed by atoms with Gasteiger partial charge in [-0.1, -0.05) is 40.0 Å². The second-order valence-electron chi connectivity index (χ2n) is 5.05. The molecule has 0 spiro atoms. The molecule has 1 aliphatic carbocycles. The molecule has 1 N–H and O–H groups in total. The van der Waals surface area contributed by atoms with Crippen LogP contribution in [-0.4, -0.2) is 11.9 Å². The first-order chi connectivity index (χ1) is 6.56. The van der Waals surface area contributed by atoms with Crippen LogP contribution in [0.15, 0.2) is 0 Å². The molecule has 1 amide bonds. The van der Waals surface area contributed by atoms with Crippen LogP contribution < -0.4 is 5.32 Å². The molecule has 0 aromatic rings. The highest BCUT2D eigenvalue weighted by atomic mass is 16.2. The molecule has 1 saturated carbocycles. The molecular formula is C12H23NO. The van der Waals surface area contributed by atoms with Gasteiger partial charge < -0.3 is 5.32 Å². The van der Waals surface area contributed by atoms with Gasteiger partial charge in [-0.05, 0) is 19.3 Å². The summed E-state index contributed by atoms with van der Waals surface area (Å²) in [7, 11) is 0. The van der Waals surface area contributed by atoms with E-state index in [0.29, 0.717) is 6.04 Å². The monoisotopic (exact) mass is 197 g/mol. The van der Waals surface area contributed by atoms with E-state index in [1.807, 2.05) is 13.8 Å². The van der Waals surface area contributed by atoms with Gasteiger partial charge in [-0.3, -0.25) is 4.79 Å². The van der Waals surface area contributed by atoms with Gasteiger partial charge in [-0.2, -0.15) is 0 Å². The SMILES string of the molecule is CCC(C)(C)C(=O)NC1CCCCC1. The summed E-state index contributed by atoms with van der Waals surface area (Å²) >= 11 is 0. The van der Waals surface area contributed by atoms with Crippen LogP contribution in [0.2, 0.25) is 0 Å². The molecular weight excluding hydrogens is 174 g/mol. The van der Waals surface area contributed by atoms with Gasteiger partial charge in [0.2, 0.25) is 5.91 Å². The lowest BCUT2D eigenvalue weighted by Crippen LogP contribution is -2.43. The summed E-state index contributed by atoms with van der Waals surface area (Å²) in [6.45, 7) is 6.11. The van der Waals surface area contributed by atoms with E-state index >= 15 is 0 Å². The van der Waals surface area contributed by atoms with E-state index in [9.17, 15) is 4.79 Å². The predicted molar refractivity (Wildman–Crippen MR) is 59.1 cm³/mol. The maximum atomic E-state index is 11.9. The average Bonchev–Trinajstić information content (AvgIpc) is 2.19. The normalized spacial score (nSPS) is 19.4. The Balaban J connectivity index is 2.39. The van der Waals surface area contributed by atoms with Crippen LogP contribution in [0.5, 0.6) is 0 Å². The van der Waals surface area contributed by atoms with E-state index in [-0.39, 0.29) is 11.3 Å². The Morgan fingerprint density at radius 2 is 1.86 bits per heavy atom. The number of rotatable bonds is 3. The third kappa shape index (κ3) is 3.00. The van der Waals surface area contributed by atoms with Crippen LogP contribution >= 0.6 is 0 Å². The molecule has 1 aliphatic rings. The third-order valence-corrected chi connectivity index (χ3v) is 3.44. The van der Waals surface area contributed by atoms with Crippen LogP contribution in [0.25, 0.3) is 0 Å². The molecule has 1 rings (SSSR count). The summed E-state index contributed by atoms with van der Waals surface area (Å²) in [5.41, 5.74) is -0.197. The second-order valence-corrected chi connectivity index (χ2v) is 5.05. The van der Waals surface area contributed by atoms with Crippen molar-refractivity contribution in [3.8, 4) is 0 Å². The first-order valence-corrected chi connectivity index (χ1v) is 5.87. The van der Waals surface area contributed by atoms with Crippen molar-refractivity contribution in [3.05, 3.63) is 0 Å². The molecule has 0 bridgehead atoms. The van der Waals surface area contributed by atoms with Gasteiger partial charge >= 0.3 is 0 Å². The van der Waals surface area contributed by atoms with Crippen molar-refractivity contribution in [2.75, 3.05) is 0 Å². The first kappa shape index (κ1) is 11.5. The molecule has 1 fully saturated rings. The fourth-order valence-electron chi connectivity index (χ4n) is 1.79. The molecule has 2 heteroatoms. The van der Waals surface area contributed by atoms with Crippen molar-refractivity contribution in [1.29, 1.82) is 0 Å². The minimum atomic E-state index is -0.197. The van der Waals surface area contributed by atoms with E-state index in [1.165, 1.54) is 32.1 Å². The van der Waals surface area contributed by atoms with Gasteiger partial charge in [0.25, 0.3) is 0 Å². The minimum absolute atomic E-state index is 0.197. The molecule has 0 aromatic heterocycles. The number of carbonyl (C=O) groups is 1. The zero-order chi connectivity index (χ0) is 10.6. The van der Waals surface area contributed by atoms with E-state index in [0.717, 1.165) is 6.42 Å². The molecule has 0 aromatic carbocycles. The number of hydrogen-bond acceptors (Lipinski definition) is 1. The Bertz CT molecular complexity index is 192. The molecule has 82 valence electrons. The maximum absolute atomic E-state index is 11.9. The van der Waals surface area contributed by atoms with Crippen molar-refractivity contribution < 1.29 is 4.79 Å². The molecule has 0 saturated heterocycles. The van der Waals surface area contributed by atoms with Crippen LogP contribution in [0.3, 0.4) is 0 Å². The largest absolute Gasteiger partial charge is 0.353 e. The van der Waals surface area contributed by atoms with Gasteiger partial charge in [-0.15, -0.1) is 0 Å². The van der Waals surface area contributed by atoms with Gasteiger partial charge in [0, 0.05) is 11.5 Å². The Hall–Kier alpha value is -0.530. The number of hydrogen-bond donors (Lipinski definition) is 1. The van der Waals surface area contributed by atoms with Crippen LogP contribution in [0.1, 0.15) is 59.3 Å². The van der Waals surface area contributed by atoms with Crippen molar-refractivity contribution in [2.45, 2.75) is 65.3 Å². The first-order valence-electron chi connectivity index (χ1n) is 5.87. The molecule has 0 unspecified atom stereocenters. The quantitative estimate of drug-likeness (QED) is 0.740. The highest BCUT2D eigenvalue weighted by Gasteiger charge is 2.27. The fraction of sp³-hybridized carbons (Fsp3) is 0.917. The number of nitrogens with one attached hydrogen (secondary N) is 1. The standard InChI is InChI=1S/C12H23NO/c1-4-12(2,3)11(14)13-10-8-6-5-7-9-10/h10H,4-9H2,1-3H3,(H,13,14). The highest BCUT2D eigenvalue weighted by molar-refractivity contribution is 5.81. The zero-order valence-corrected chi connectivity index (χ0v) is 9.73. The molecule has 0 atom stereocenters. The van der Waals surface area contributed by atoms with Crippen molar-refractivity contribution >= 4 is 5.91 Å². The highest BCUT2D eigenvalue weighted by Crippen LogP contribution is 2.22. The average molecular weight is 197 g/mol. The third-order valence-electron chi connectivity index (χ3n) is 3.44. The summed E-state index contributed by atoms with van der Waals surface area (Å²) < 4.78 is 0. The maximum Gasteiger partial charge on any atom is 0.225 e. The van der Waals surface area contributed by atoms with Crippen LogP contribution in [-0.2, 0) is 4.79 Å². The Morgan fingerprint density at radius 1 is 1.29 bits per heavy atom. The van der Waals surface area contributed by atoms with Crippen LogP contribution in [0.4, 0.5) is 0 Å². The molecule has 0 aliphatic heterocycles. The summed E-state index contributed by atoms with van der Waals surface area (Å²) in [6, 6.07) is 0.446. The smallest absolute Gasteiger partial charge is 0.225 e. The Morgan fingerprint density at radius 3 is 2.36 bits per heavy atom. The summed E-state index contributed by atoms with van der Waals surface area (Å²) in [4.78, 5) is 11.9. The van der Waals surface area contributed by atoms with E-state index in [4.69, 9.17) is 0 Å². The number of amides is 1. The van der Waals surface area contributed by atoms with Crippen molar-refractivity contribution in [2.24, 2.45) is 5.41 Å².